The van der Waals surface area contributed by atoms with Crippen LogP contribution in [-0.4, -0.2) is 19.1 Å². The van der Waals surface area contributed by atoms with Gasteiger partial charge in [-0.05, 0) is 50.6 Å². The van der Waals surface area contributed by atoms with Gasteiger partial charge in [-0.25, -0.2) is 0 Å². The van der Waals surface area contributed by atoms with Crippen LogP contribution in [0, 0.1) is 0 Å². The molecule has 1 amide bonds. The van der Waals surface area contributed by atoms with E-state index in [0.29, 0.717) is 30.3 Å². The summed E-state index contributed by atoms with van der Waals surface area (Å²) in [6, 6.07) is 9.37. The summed E-state index contributed by atoms with van der Waals surface area (Å²) < 4.78 is 50.4. The van der Waals surface area contributed by atoms with E-state index in [2.05, 4.69) is 5.32 Å². The molecule has 0 heterocycles. The molecule has 0 aliphatic carbocycles. The van der Waals surface area contributed by atoms with Crippen molar-refractivity contribution in [3.8, 4) is 11.5 Å². The predicted molar refractivity (Wildman–Crippen MR) is 96.1 cm³/mol. The maximum absolute atomic E-state index is 13.1. The van der Waals surface area contributed by atoms with E-state index in [0.717, 1.165) is 12.1 Å². The molecule has 0 bridgehead atoms. The van der Waals surface area contributed by atoms with E-state index in [1.165, 1.54) is 12.1 Å². The molecule has 0 aromatic heterocycles. The Morgan fingerprint density at radius 3 is 2.30 bits per heavy atom. The Balaban J connectivity index is 2.24. The van der Waals surface area contributed by atoms with Gasteiger partial charge in [0.25, 0.3) is 5.91 Å². The second kappa shape index (κ2) is 8.79. The normalized spacial score (nSPS) is 12.4. The van der Waals surface area contributed by atoms with Crippen LogP contribution < -0.4 is 14.8 Å². The lowest BCUT2D eigenvalue weighted by atomic mass is 10.0. The lowest BCUT2D eigenvalue weighted by Gasteiger charge is -2.19. The third-order valence-corrected chi connectivity index (χ3v) is 3.89. The average Bonchev–Trinajstić information content (AvgIpc) is 2.62. The molecule has 1 unspecified atom stereocenters. The maximum atomic E-state index is 13.1. The fraction of sp³-hybridized carbons (Fsp3) is 0.350. The fourth-order valence-electron chi connectivity index (χ4n) is 2.62. The Labute approximate surface area is 156 Å². The molecule has 7 heteroatoms. The summed E-state index contributed by atoms with van der Waals surface area (Å²) in [4.78, 5) is 12.4. The fourth-order valence-corrected chi connectivity index (χ4v) is 2.62. The summed E-state index contributed by atoms with van der Waals surface area (Å²) in [6.07, 6.45) is -4.60. The van der Waals surface area contributed by atoms with Crippen LogP contribution in [-0.2, 0) is 6.18 Å². The van der Waals surface area contributed by atoms with Crippen LogP contribution >= 0.6 is 0 Å². The quantitative estimate of drug-likeness (QED) is 0.735. The van der Waals surface area contributed by atoms with E-state index >= 15 is 0 Å². The second-order valence-corrected chi connectivity index (χ2v) is 5.81. The predicted octanol–water partition coefficient (Wildman–Crippen LogP) is 4.99. The highest BCUT2D eigenvalue weighted by atomic mass is 19.4. The zero-order valence-electron chi connectivity index (χ0n) is 15.4. The summed E-state index contributed by atoms with van der Waals surface area (Å²) in [7, 11) is 0. The van der Waals surface area contributed by atoms with Crippen LogP contribution in [0.2, 0.25) is 0 Å². The van der Waals surface area contributed by atoms with Gasteiger partial charge in [0.2, 0.25) is 0 Å². The summed E-state index contributed by atoms with van der Waals surface area (Å²) in [5, 5.41) is 2.61. The first-order valence-electron chi connectivity index (χ1n) is 8.64. The molecule has 0 fully saturated rings. The molecule has 2 aromatic rings. The first-order valence-corrected chi connectivity index (χ1v) is 8.64. The summed E-state index contributed by atoms with van der Waals surface area (Å²) in [5.74, 6) is 0.306. The number of hydrogen-bond acceptors (Lipinski definition) is 3. The van der Waals surface area contributed by atoms with Gasteiger partial charge in [-0.1, -0.05) is 18.2 Å². The van der Waals surface area contributed by atoms with Crippen molar-refractivity contribution in [3.05, 3.63) is 59.2 Å². The number of hydrogen-bond donors (Lipinski definition) is 1. The standard InChI is InChI=1S/C20H22F3NO3/c1-4-26-17-11-10-14(12-18(17)27-5-2)13(3)24-19(25)15-8-6-7-9-16(15)20(21,22)23/h6-13H,4-5H2,1-3H3,(H,24,25). The van der Waals surface area contributed by atoms with Gasteiger partial charge in [0.05, 0.1) is 30.4 Å². The molecular formula is C20H22F3NO3. The van der Waals surface area contributed by atoms with E-state index < -0.39 is 29.3 Å². The molecule has 2 rings (SSSR count). The number of halogens is 3. The minimum absolute atomic E-state index is 0.409. The number of carbonyl (C=O) groups excluding carboxylic acids is 1. The van der Waals surface area contributed by atoms with Gasteiger partial charge in [0.15, 0.2) is 11.5 Å². The van der Waals surface area contributed by atoms with Crippen molar-refractivity contribution in [1.29, 1.82) is 0 Å². The number of alkyl halides is 3. The smallest absolute Gasteiger partial charge is 0.417 e. The van der Waals surface area contributed by atoms with Crippen LogP contribution in [0.3, 0.4) is 0 Å². The molecule has 0 aliphatic heterocycles. The topological polar surface area (TPSA) is 47.6 Å². The molecule has 1 atom stereocenters. The lowest BCUT2D eigenvalue weighted by molar-refractivity contribution is -0.137. The number of ether oxygens (including phenoxy) is 2. The first kappa shape index (κ1) is 20.6. The van der Waals surface area contributed by atoms with E-state index in [1.54, 1.807) is 25.1 Å². The molecule has 0 radical (unpaired) electrons. The third kappa shape index (κ3) is 5.15. The summed E-state index contributed by atoms with van der Waals surface area (Å²) in [5.41, 5.74) is -0.677. The highest BCUT2D eigenvalue weighted by molar-refractivity contribution is 5.96. The molecule has 2 aromatic carbocycles. The molecule has 0 saturated carbocycles. The van der Waals surface area contributed by atoms with Crippen LogP contribution in [0.4, 0.5) is 13.2 Å². The van der Waals surface area contributed by atoms with Gasteiger partial charge in [-0.15, -0.1) is 0 Å². The monoisotopic (exact) mass is 381 g/mol. The van der Waals surface area contributed by atoms with Crippen molar-refractivity contribution in [1.82, 2.24) is 5.32 Å². The van der Waals surface area contributed by atoms with Crippen molar-refractivity contribution < 1.29 is 27.4 Å². The van der Waals surface area contributed by atoms with E-state index in [1.807, 2.05) is 13.8 Å². The maximum Gasteiger partial charge on any atom is 0.417 e. The molecule has 4 nitrogen and oxygen atoms in total. The van der Waals surface area contributed by atoms with Crippen molar-refractivity contribution in [2.45, 2.75) is 33.0 Å². The zero-order valence-corrected chi connectivity index (χ0v) is 15.4. The van der Waals surface area contributed by atoms with Crippen molar-refractivity contribution in [3.63, 3.8) is 0 Å². The lowest BCUT2D eigenvalue weighted by Crippen LogP contribution is -2.28. The van der Waals surface area contributed by atoms with Crippen LogP contribution in [0.5, 0.6) is 11.5 Å². The minimum atomic E-state index is -4.60. The van der Waals surface area contributed by atoms with E-state index in [-0.39, 0.29) is 0 Å². The van der Waals surface area contributed by atoms with Crippen LogP contribution in [0.25, 0.3) is 0 Å². The summed E-state index contributed by atoms with van der Waals surface area (Å²) in [6.45, 7) is 6.29. The highest BCUT2D eigenvalue weighted by Gasteiger charge is 2.35. The van der Waals surface area contributed by atoms with Crippen LogP contribution in [0.15, 0.2) is 42.5 Å². The van der Waals surface area contributed by atoms with Crippen molar-refractivity contribution in [2.75, 3.05) is 13.2 Å². The van der Waals surface area contributed by atoms with Crippen molar-refractivity contribution in [2.24, 2.45) is 0 Å². The van der Waals surface area contributed by atoms with Crippen molar-refractivity contribution >= 4 is 5.91 Å². The van der Waals surface area contributed by atoms with Gasteiger partial charge in [-0.3, -0.25) is 4.79 Å². The van der Waals surface area contributed by atoms with Gasteiger partial charge < -0.3 is 14.8 Å². The number of rotatable bonds is 7. The second-order valence-electron chi connectivity index (χ2n) is 5.81. The Hall–Kier alpha value is -2.70. The number of nitrogens with one attached hydrogen (secondary N) is 1. The van der Waals surface area contributed by atoms with Gasteiger partial charge in [-0.2, -0.15) is 13.2 Å². The largest absolute Gasteiger partial charge is 0.490 e. The zero-order chi connectivity index (χ0) is 20.0. The molecule has 0 aliphatic rings. The van der Waals surface area contributed by atoms with Crippen LogP contribution in [0.1, 0.15) is 48.3 Å². The molecule has 27 heavy (non-hydrogen) atoms. The third-order valence-electron chi connectivity index (χ3n) is 3.89. The Kier molecular flexibility index (Phi) is 6.71. The first-order chi connectivity index (χ1) is 12.8. The summed E-state index contributed by atoms with van der Waals surface area (Å²) >= 11 is 0. The highest BCUT2D eigenvalue weighted by Crippen LogP contribution is 2.33. The number of carbonyl (C=O) groups is 1. The van der Waals surface area contributed by atoms with E-state index in [9.17, 15) is 18.0 Å². The molecule has 0 saturated heterocycles. The Bertz CT molecular complexity index is 790. The Morgan fingerprint density at radius 1 is 1.04 bits per heavy atom. The number of amides is 1. The van der Waals surface area contributed by atoms with Gasteiger partial charge in [0.1, 0.15) is 0 Å². The van der Waals surface area contributed by atoms with Gasteiger partial charge in [0, 0.05) is 0 Å². The molecule has 1 N–H and O–H groups in total. The minimum Gasteiger partial charge on any atom is -0.490 e. The molecule has 146 valence electrons. The Morgan fingerprint density at radius 2 is 1.67 bits per heavy atom. The van der Waals surface area contributed by atoms with E-state index in [4.69, 9.17) is 9.47 Å². The average molecular weight is 381 g/mol. The number of benzene rings is 2. The molecular weight excluding hydrogens is 359 g/mol. The SMILES string of the molecule is CCOc1ccc(C(C)NC(=O)c2ccccc2C(F)(F)F)cc1OCC. The molecule has 0 spiro atoms. The van der Waals surface area contributed by atoms with Gasteiger partial charge >= 0.3 is 6.18 Å².